The molecule has 0 radical (unpaired) electrons. The lowest BCUT2D eigenvalue weighted by Gasteiger charge is -2.38. The van der Waals surface area contributed by atoms with Crippen molar-refractivity contribution in [3.05, 3.63) is 65.0 Å². The number of nitrogens with zero attached hydrogens (tertiary/aromatic N) is 3. The summed E-state index contributed by atoms with van der Waals surface area (Å²) in [7, 11) is 1.27. The lowest BCUT2D eigenvalue weighted by atomic mass is 9.83. The van der Waals surface area contributed by atoms with E-state index in [0.717, 1.165) is 29.7 Å². The number of likely N-dealkylation sites (tertiary alicyclic amines) is 1. The van der Waals surface area contributed by atoms with Crippen molar-refractivity contribution in [1.29, 1.82) is 0 Å². The van der Waals surface area contributed by atoms with Crippen LogP contribution in [0.1, 0.15) is 110 Å². The van der Waals surface area contributed by atoms with E-state index in [2.05, 4.69) is 26.3 Å². The van der Waals surface area contributed by atoms with Gasteiger partial charge in [0.05, 0.1) is 36.4 Å². The summed E-state index contributed by atoms with van der Waals surface area (Å²) in [6, 6.07) is 2.90. The number of alkyl halides is 2. The van der Waals surface area contributed by atoms with E-state index < -0.39 is 84.0 Å². The summed E-state index contributed by atoms with van der Waals surface area (Å²) in [5.41, 5.74) is 0.553. The van der Waals surface area contributed by atoms with Crippen molar-refractivity contribution in [3.8, 4) is 0 Å². The Kier molecular flexibility index (Phi) is 13.5. The van der Waals surface area contributed by atoms with Crippen LogP contribution < -0.4 is 21.3 Å². The summed E-state index contributed by atoms with van der Waals surface area (Å²) in [6.45, 7) is 9.68. The van der Waals surface area contributed by atoms with Gasteiger partial charge < -0.3 is 30.9 Å². The number of urea groups is 1. The van der Waals surface area contributed by atoms with Crippen molar-refractivity contribution in [2.75, 3.05) is 26.7 Å². The zero-order chi connectivity index (χ0) is 44.4. The van der Waals surface area contributed by atoms with Crippen LogP contribution in [0, 0.1) is 28.6 Å². The summed E-state index contributed by atoms with van der Waals surface area (Å²) in [5, 5.41) is 11.0. The molecule has 17 heteroatoms. The Labute approximate surface area is 354 Å². The first kappa shape index (κ1) is 45.1. The molecule has 4 aliphatic rings. The van der Waals surface area contributed by atoms with Crippen molar-refractivity contribution in [3.63, 3.8) is 0 Å². The fraction of sp³-hybridized carbons (Fsp3) is 0.591. The molecular weight excluding hydrogens is 793 g/mol. The molecular formula is C44H57F2N7O8. The number of aromatic nitrogens is 1. The normalized spacial score (nSPS) is 22.1. The molecule has 3 fully saturated rings. The lowest BCUT2D eigenvalue weighted by molar-refractivity contribution is -0.144. The molecule has 0 spiro atoms. The summed E-state index contributed by atoms with van der Waals surface area (Å²) in [4.78, 5) is 101. The second kappa shape index (κ2) is 18.2. The SMILES string of the molecule is COC(=O)c1ccc(CCNC(=O)[C@H](CC(F)F)NC(=O)[C@@H]2C3C(CN2C(=O)[C@@H](NC(=O)N[C@H](CN2C(=O)c4ccncc4C2=O)C(C)(C)C)C2CCCCC2)C3(C)C)cc1. The number of amides is 7. The Bertz CT molecular complexity index is 1980. The van der Waals surface area contributed by atoms with Gasteiger partial charge >= 0.3 is 12.0 Å². The van der Waals surface area contributed by atoms with E-state index in [4.69, 9.17) is 4.74 Å². The number of piperidine rings is 1. The van der Waals surface area contributed by atoms with Gasteiger partial charge in [-0.1, -0.05) is 66.0 Å². The highest BCUT2D eigenvalue weighted by molar-refractivity contribution is 6.21. The van der Waals surface area contributed by atoms with Crippen LogP contribution in [0.15, 0.2) is 42.7 Å². The zero-order valence-electron chi connectivity index (χ0n) is 35.6. The van der Waals surface area contributed by atoms with Crippen LogP contribution >= 0.6 is 0 Å². The summed E-state index contributed by atoms with van der Waals surface area (Å²) >= 11 is 0. The van der Waals surface area contributed by atoms with Crippen molar-refractivity contribution >= 4 is 41.5 Å². The van der Waals surface area contributed by atoms with Crippen molar-refractivity contribution in [2.45, 2.75) is 110 Å². The van der Waals surface area contributed by atoms with E-state index >= 15 is 0 Å². The Hall–Kier alpha value is -5.48. The average molecular weight is 850 g/mol. The number of halogens is 2. The second-order valence-corrected chi connectivity index (χ2v) is 18.4. The van der Waals surface area contributed by atoms with Gasteiger partial charge in [-0.05, 0) is 71.6 Å². The van der Waals surface area contributed by atoms with E-state index in [-0.39, 0.29) is 53.9 Å². The monoisotopic (exact) mass is 849 g/mol. The first-order valence-electron chi connectivity index (χ1n) is 21.0. The number of pyridine rings is 1. The number of esters is 1. The zero-order valence-corrected chi connectivity index (χ0v) is 35.6. The quantitative estimate of drug-likeness (QED) is 0.151. The number of benzene rings is 1. The van der Waals surface area contributed by atoms with Crippen LogP contribution in [0.2, 0.25) is 0 Å². The molecule has 2 saturated carbocycles. The molecule has 61 heavy (non-hydrogen) atoms. The largest absolute Gasteiger partial charge is 0.465 e. The van der Waals surface area contributed by atoms with E-state index in [1.165, 1.54) is 30.5 Å². The maximum absolute atomic E-state index is 14.8. The molecule has 7 amide bonds. The fourth-order valence-electron chi connectivity index (χ4n) is 9.25. The topological polar surface area (TPSA) is 196 Å². The molecule has 330 valence electrons. The maximum atomic E-state index is 14.8. The molecule has 15 nitrogen and oxygen atoms in total. The highest BCUT2D eigenvalue weighted by Crippen LogP contribution is 2.65. The van der Waals surface area contributed by atoms with Crippen LogP contribution in [0.5, 0.6) is 0 Å². The molecule has 1 aromatic carbocycles. The first-order valence-corrected chi connectivity index (χ1v) is 21.0. The van der Waals surface area contributed by atoms with Gasteiger partial charge in [-0.25, -0.2) is 18.4 Å². The smallest absolute Gasteiger partial charge is 0.337 e. The molecule has 1 saturated heterocycles. The van der Waals surface area contributed by atoms with Crippen molar-refractivity contribution < 1.29 is 47.1 Å². The molecule has 2 unspecified atom stereocenters. The minimum absolute atomic E-state index is 0.0684. The predicted octanol–water partition coefficient (Wildman–Crippen LogP) is 4.11. The third kappa shape index (κ3) is 9.86. The van der Waals surface area contributed by atoms with Crippen molar-refractivity contribution in [2.24, 2.45) is 28.6 Å². The molecule has 6 atom stereocenters. The number of methoxy groups -OCH3 is 1. The number of fused-ring (bicyclic) bond motifs is 2. The number of carbonyl (C=O) groups excluding carboxylic acids is 7. The molecule has 0 bridgehead atoms. The number of hydrogen-bond donors (Lipinski definition) is 4. The minimum Gasteiger partial charge on any atom is -0.465 e. The number of rotatable bonds is 15. The Morgan fingerprint density at radius 3 is 2.23 bits per heavy atom. The second-order valence-electron chi connectivity index (χ2n) is 18.4. The van der Waals surface area contributed by atoms with E-state index in [1.807, 2.05) is 34.6 Å². The molecule has 4 N–H and O–H groups in total. The van der Waals surface area contributed by atoms with Gasteiger partial charge in [0.2, 0.25) is 24.1 Å². The summed E-state index contributed by atoms with van der Waals surface area (Å²) in [6.07, 6.45) is 3.17. The van der Waals surface area contributed by atoms with Gasteiger partial charge in [-0.15, -0.1) is 0 Å². The highest BCUT2D eigenvalue weighted by Gasteiger charge is 2.69. The molecule has 2 aliphatic heterocycles. The van der Waals surface area contributed by atoms with E-state index in [9.17, 15) is 42.3 Å². The van der Waals surface area contributed by atoms with Gasteiger partial charge in [0.1, 0.15) is 18.1 Å². The Morgan fingerprint density at radius 2 is 1.61 bits per heavy atom. The third-order valence-electron chi connectivity index (χ3n) is 13.1. The number of ether oxygens (including phenoxy) is 1. The van der Waals surface area contributed by atoms with Crippen LogP contribution in [0.3, 0.4) is 0 Å². The average Bonchev–Trinajstić information content (AvgIpc) is 3.46. The standard InChI is InChI=1S/C44H57F2N7O8/c1-43(2,3)31(23-53-38(56)27-17-18-47-21-28(27)39(53)57)50-42(60)51-34(25-10-8-7-9-11-25)40(58)52-22-29-33(44(29,4)5)35(52)37(55)49-30(20-32(45)46)36(54)48-19-16-24-12-14-26(15-13-24)41(59)61-6/h12-15,17-18,21,25,29-35H,7-11,16,19-20,22-23H2,1-6H3,(H,48,54)(H,49,55)(H2,50,51,60)/t29?,30-,31+,33?,34-,35-/m0/s1. The first-order chi connectivity index (χ1) is 28.8. The van der Waals surface area contributed by atoms with Gasteiger partial charge in [-0.2, -0.15) is 0 Å². The number of nitrogens with one attached hydrogen (secondary N) is 4. The molecule has 3 heterocycles. The minimum atomic E-state index is -2.92. The maximum Gasteiger partial charge on any atom is 0.337 e. The predicted molar refractivity (Wildman–Crippen MR) is 218 cm³/mol. The van der Waals surface area contributed by atoms with Crippen LogP contribution in [0.4, 0.5) is 13.6 Å². The van der Waals surface area contributed by atoms with Crippen LogP contribution in [0.25, 0.3) is 0 Å². The number of carbonyl (C=O) groups is 7. The van der Waals surface area contributed by atoms with E-state index in [0.29, 0.717) is 24.8 Å². The molecule has 2 aliphatic carbocycles. The Balaban J connectivity index is 1.15. The fourth-order valence-corrected chi connectivity index (χ4v) is 9.25. The lowest BCUT2D eigenvalue weighted by Crippen LogP contribution is -2.62. The van der Waals surface area contributed by atoms with Crippen LogP contribution in [-0.2, 0) is 25.5 Å². The number of imide groups is 1. The summed E-state index contributed by atoms with van der Waals surface area (Å²) in [5.74, 6) is -4.13. The number of hydrogen-bond acceptors (Lipinski definition) is 9. The third-order valence-corrected chi connectivity index (χ3v) is 13.1. The van der Waals surface area contributed by atoms with Crippen LogP contribution in [-0.4, -0.2) is 114 Å². The molecule has 2 aromatic rings. The van der Waals surface area contributed by atoms with Gasteiger partial charge in [0.15, 0.2) is 0 Å². The summed E-state index contributed by atoms with van der Waals surface area (Å²) < 4.78 is 32.5. The molecule has 1 aromatic heterocycles. The molecule has 6 rings (SSSR count). The Morgan fingerprint density at radius 1 is 0.934 bits per heavy atom. The van der Waals surface area contributed by atoms with Crippen molar-refractivity contribution in [1.82, 2.24) is 36.1 Å². The van der Waals surface area contributed by atoms with Gasteiger partial charge in [0, 0.05) is 31.9 Å². The van der Waals surface area contributed by atoms with E-state index in [1.54, 1.807) is 24.3 Å². The van der Waals surface area contributed by atoms with Gasteiger partial charge in [0.25, 0.3) is 11.8 Å². The van der Waals surface area contributed by atoms with Gasteiger partial charge in [-0.3, -0.25) is 33.9 Å². The highest BCUT2D eigenvalue weighted by atomic mass is 19.3.